The SMILES string of the molecule is CN(C)C(=O)[C@H]1CCCN(C(=O)C2=Cc3cc(Br)ccc3OC2)C1. The molecule has 2 aliphatic heterocycles. The molecule has 1 saturated heterocycles. The van der Waals surface area contributed by atoms with Gasteiger partial charge in [-0.2, -0.15) is 0 Å². The number of likely N-dealkylation sites (tertiary alicyclic amines) is 1. The number of ether oxygens (including phenoxy) is 1. The van der Waals surface area contributed by atoms with Gasteiger partial charge in [0.15, 0.2) is 0 Å². The van der Waals surface area contributed by atoms with Crippen LogP contribution in [0.2, 0.25) is 0 Å². The lowest BCUT2D eigenvalue weighted by atomic mass is 9.95. The van der Waals surface area contributed by atoms with Gasteiger partial charge in [0.2, 0.25) is 5.91 Å². The molecule has 0 N–H and O–H groups in total. The maximum atomic E-state index is 12.8. The lowest BCUT2D eigenvalue weighted by molar-refractivity contribution is -0.137. The number of nitrogens with zero attached hydrogens (tertiary/aromatic N) is 2. The second-order valence-electron chi connectivity index (χ2n) is 6.46. The number of halogens is 1. The molecule has 0 aliphatic carbocycles. The Labute approximate surface area is 150 Å². The van der Waals surface area contributed by atoms with Crippen molar-refractivity contribution in [2.24, 2.45) is 5.92 Å². The first kappa shape index (κ1) is 17.0. The molecule has 2 heterocycles. The van der Waals surface area contributed by atoms with E-state index in [2.05, 4.69) is 15.9 Å². The van der Waals surface area contributed by atoms with Gasteiger partial charge in [-0.25, -0.2) is 0 Å². The van der Waals surface area contributed by atoms with Crippen LogP contribution in [0.15, 0.2) is 28.2 Å². The maximum absolute atomic E-state index is 12.8. The molecule has 0 radical (unpaired) electrons. The highest BCUT2D eigenvalue weighted by Gasteiger charge is 2.31. The maximum Gasteiger partial charge on any atom is 0.253 e. The van der Waals surface area contributed by atoms with Crippen LogP contribution < -0.4 is 4.74 Å². The summed E-state index contributed by atoms with van der Waals surface area (Å²) in [6.07, 6.45) is 3.59. The zero-order valence-electron chi connectivity index (χ0n) is 13.9. The minimum Gasteiger partial charge on any atom is -0.488 e. The molecule has 0 spiro atoms. The Bertz CT molecular complexity index is 700. The van der Waals surface area contributed by atoms with Crippen LogP contribution in [0.3, 0.4) is 0 Å². The van der Waals surface area contributed by atoms with Crippen LogP contribution in [0.1, 0.15) is 18.4 Å². The van der Waals surface area contributed by atoms with Crippen molar-refractivity contribution in [1.82, 2.24) is 9.80 Å². The Kier molecular flexibility index (Phi) is 4.94. The zero-order chi connectivity index (χ0) is 17.3. The van der Waals surface area contributed by atoms with Gasteiger partial charge in [-0.15, -0.1) is 0 Å². The molecule has 0 bridgehead atoms. The van der Waals surface area contributed by atoms with E-state index in [4.69, 9.17) is 4.74 Å². The number of rotatable bonds is 2. The predicted molar refractivity (Wildman–Crippen MR) is 95.6 cm³/mol. The van der Waals surface area contributed by atoms with Gasteiger partial charge in [-0.3, -0.25) is 9.59 Å². The van der Waals surface area contributed by atoms with Crippen molar-refractivity contribution in [3.63, 3.8) is 0 Å². The standard InChI is InChI=1S/C18H21BrN2O3/c1-20(2)17(22)12-4-3-7-21(10-12)18(23)14-8-13-9-15(19)5-6-16(13)24-11-14/h5-6,8-9,12H,3-4,7,10-11H2,1-2H3/t12-/m0/s1. The number of amides is 2. The highest BCUT2D eigenvalue weighted by Crippen LogP contribution is 2.30. The predicted octanol–water partition coefficient (Wildman–Crippen LogP) is 2.55. The van der Waals surface area contributed by atoms with Crippen LogP contribution in [0.5, 0.6) is 5.75 Å². The minimum atomic E-state index is -0.107. The summed E-state index contributed by atoms with van der Waals surface area (Å²) in [6.45, 7) is 1.45. The van der Waals surface area contributed by atoms with E-state index in [1.165, 1.54) is 0 Å². The van der Waals surface area contributed by atoms with Crippen molar-refractivity contribution >= 4 is 33.8 Å². The number of benzene rings is 1. The lowest BCUT2D eigenvalue weighted by Crippen LogP contribution is -2.46. The van der Waals surface area contributed by atoms with E-state index >= 15 is 0 Å². The van der Waals surface area contributed by atoms with E-state index in [9.17, 15) is 9.59 Å². The molecule has 3 rings (SSSR count). The molecule has 2 aliphatic rings. The summed E-state index contributed by atoms with van der Waals surface area (Å²) < 4.78 is 6.65. The number of hydrogen-bond acceptors (Lipinski definition) is 3. The summed E-state index contributed by atoms with van der Waals surface area (Å²) in [4.78, 5) is 28.4. The molecule has 1 fully saturated rings. The van der Waals surface area contributed by atoms with E-state index in [0.29, 0.717) is 18.7 Å². The van der Waals surface area contributed by atoms with Crippen molar-refractivity contribution in [2.45, 2.75) is 12.8 Å². The largest absolute Gasteiger partial charge is 0.488 e. The zero-order valence-corrected chi connectivity index (χ0v) is 15.5. The first-order valence-corrected chi connectivity index (χ1v) is 8.88. The molecule has 24 heavy (non-hydrogen) atoms. The number of piperidine rings is 1. The van der Waals surface area contributed by atoms with Gasteiger partial charge in [0.05, 0.1) is 11.5 Å². The first-order chi connectivity index (χ1) is 11.5. The second kappa shape index (κ2) is 6.97. The fourth-order valence-electron chi connectivity index (χ4n) is 3.20. The Morgan fingerprint density at radius 2 is 2.12 bits per heavy atom. The average Bonchev–Trinajstić information content (AvgIpc) is 2.59. The van der Waals surface area contributed by atoms with Crippen LogP contribution in [0.4, 0.5) is 0 Å². The normalized spacial score (nSPS) is 19.9. The van der Waals surface area contributed by atoms with Crippen LogP contribution in [-0.2, 0) is 9.59 Å². The van der Waals surface area contributed by atoms with Crippen LogP contribution in [0, 0.1) is 5.92 Å². The summed E-state index contributed by atoms with van der Waals surface area (Å²) in [5, 5.41) is 0. The monoisotopic (exact) mass is 392 g/mol. The average molecular weight is 393 g/mol. The van der Waals surface area contributed by atoms with Crippen molar-refractivity contribution in [2.75, 3.05) is 33.8 Å². The van der Waals surface area contributed by atoms with Gasteiger partial charge in [0.1, 0.15) is 12.4 Å². The summed E-state index contributed by atoms with van der Waals surface area (Å²) in [6, 6.07) is 5.75. The van der Waals surface area contributed by atoms with E-state index < -0.39 is 0 Å². The molecular formula is C18H21BrN2O3. The molecule has 2 amide bonds. The third-order valence-corrected chi connectivity index (χ3v) is 4.95. The van der Waals surface area contributed by atoms with Crippen molar-refractivity contribution < 1.29 is 14.3 Å². The highest BCUT2D eigenvalue weighted by atomic mass is 79.9. The summed E-state index contributed by atoms with van der Waals surface area (Å²) >= 11 is 3.44. The van der Waals surface area contributed by atoms with Crippen LogP contribution >= 0.6 is 15.9 Å². The highest BCUT2D eigenvalue weighted by molar-refractivity contribution is 9.10. The molecule has 1 aromatic carbocycles. The summed E-state index contributed by atoms with van der Waals surface area (Å²) in [5.74, 6) is 0.742. The van der Waals surface area contributed by atoms with Gasteiger partial charge >= 0.3 is 0 Å². The molecule has 0 saturated carbocycles. The topological polar surface area (TPSA) is 49.9 Å². The molecule has 0 aromatic heterocycles. The molecular weight excluding hydrogens is 372 g/mol. The van der Waals surface area contributed by atoms with Crippen molar-refractivity contribution in [1.29, 1.82) is 0 Å². The Hall–Kier alpha value is -1.82. The Morgan fingerprint density at radius 3 is 2.88 bits per heavy atom. The number of hydrogen-bond donors (Lipinski definition) is 0. The van der Waals surface area contributed by atoms with Gasteiger partial charge < -0.3 is 14.5 Å². The molecule has 0 unspecified atom stereocenters. The van der Waals surface area contributed by atoms with E-state index in [0.717, 1.165) is 28.6 Å². The minimum absolute atomic E-state index is 0.0307. The lowest BCUT2D eigenvalue weighted by Gasteiger charge is -2.34. The third kappa shape index (κ3) is 3.48. The fraction of sp³-hybridized carbons (Fsp3) is 0.444. The molecule has 1 atom stereocenters. The third-order valence-electron chi connectivity index (χ3n) is 4.46. The Balaban J connectivity index is 1.76. The van der Waals surface area contributed by atoms with Gasteiger partial charge in [-0.05, 0) is 37.1 Å². The van der Waals surface area contributed by atoms with Gasteiger partial charge in [0, 0.05) is 37.2 Å². The van der Waals surface area contributed by atoms with Crippen molar-refractivity contribution in [3.05, 3.63) is 33.8 Å². The van der Waals surface area contributed by atoms with E-state index in [-0.39, 0.29) is 24.3 Å². The number of fused-ring (bicyclic) bond motifs is 1. The first-order valence-electron chi connectivity index (χ1n) is 8.09. The van der Waals surface area contributed by atoms with Crippen LogP contribution in [0.25, 0.3) is 6.08 Å². The molecule has 5 nitrogen and oxygen atoms in total. The van der Waals surface area contributed by atoms with Gasteiger partial charge in [0.25, 0.3) is 5.91 Å². The fourth-order valence-corrected chi connectivity index (χ4v) is 3.58. The molecule has 6 heteroatoms. The Morgan fingerprint density at radius 1 is 1.33 bits per heavy atom. The quantitative estimate of drug-likeness (QED) is 0.776. The van der Waals surface area contributed by atoms with Crippen molar-refractivity contribution in [3.8, 4) is 5.75 Å². The van der Waals surface area contributed by atoms with Gasteiger partial charge in [-0.1, -0.05) is 15.9 Å². The smallest absolute Gasteiger partial charge is 0.253 e. The van der Waals surface area contributed by atoms with Crippen LogP contribution in [-0.4, -0.2) is 55.4 Å². The summed E-state index contributed by atoms with van der Waals surface area (Å²) in [7, 11) is 3.52. The molecule has 1 aromatic rings. The number of carbonyl (C=O) groups is 2. The second-order valence-corrected chi connectivity index (χ2v) is 7.38. The summed E-state index contributed by atoms with van der Waals surface area (Å²) in [5.41, 5.74) is 1.54. The number of carbonyl (C=O) groups excluding carboxylic acids is 2. The van der Waals surface area contributed by atoms with E-state index in [1.807, 2.05) is 24.3 Å². The molecule has 128 valence electrons. The van der Waals surface area contributed by atoms with E-state index in [1.54, 1.807) is 23.9 Å².